The summed E-state index contributed by atoms with van der Waals surface area (Å²) in [6, 6.07) is 0. The van der Waals surface area contributed by atoms with Crippen molar-refractivity contribution < 1.29 is 0 Å². The van der Waals surface area contributed by atoms with Gasteiger partial charge in [-0.2, -0.15) is 0 Å². The Bertz CT molecular complexity index is 118. The Hall–Kier alpha value is -0.240. The normalized spacial score (nSPS) is 9.11. The number of hydrogen-bond acceptors (Lipinski definition) is 2. The van der Waals surface area contributed by atoms with Crippen molar-refractivity contribution in [1.82, 2.24) is 0 Å². The molecule has 1 N–H and O–H groups in total. The SMILES string of the molecule is CCCC(=S)C(=N)CC. The lowest BCUT2D eigenvalue weighted by Crippen LogP contribution is -2.07. The van der Waals surface area contributed by atoms with Crippen molar-refractivity contribution in [1.29, 1.82) is 5.41 Å². The highest BCUT2D eigenvalue weighted by atomic mass is 32.1. The van der Waals surface area contributed by atoms with E-state index in [2.05, 4.69) is 6.92 Å². The molecule has 0 amide bonds. The average Bonchev–Trinajstić information content (AvgIpc) is 1.87. The molecule has 0 rings (SSSR count). The van der Waals surface area contributed by atoms with E-state index in [1.165, 1.54) is 0 Å². The van der Waals surface area contributed by atoms with E-state index in [0.29, 0.717) is 5.71 Å². The van der Waals surface area contributed by atoms with Crippen LogP contribution in [0, 0.1) is 5.41 Å². The van der Waals surface area contributed by atoms with Gasteiger partial charge in [0.05, 0.1) is 0 Å². The zero-order chi connectivity index (χ0) is 7.28. The third-order valence-corrected chi connectivity index (χ3v) is 1.62. The molecule has 0 saturated carbocycles. The summed E-state index contributed by atoms with van der Waals surface area (Å²) in [6.45, 7) is 4.04. The standard InChI is InChI=1S/C7H13NS/c1-3-5-7(9)6(8)4-2/h8H,3-5H2,1-2H3. The fourth-order valence-corrected chi connectivity index (χ4v) is 0.924. The van der Waals surface area contributed by atoms with Crippen LogP contribution in [0.2, 0.25) is 0 Å². The average molecular weight is 143 g/mol. The van der Waals surface area contributed by atoms with E-state index >= 15 is 0 Å². The van der Waals surface area contributed by atoms with Crippen LogP contribution in [-0.4, -0.2) is 10.6 Å². The maximum atomic E-state index is 7.31. The molecule has 2 heteroatoms. The van der Waals surface area contributed by atoms with Crippen molar-refractivity contribution in [3.8, 4) is 0 Å². The van der Waals surface area contributed by atoms with Gasteiger partial charge in [-0.25, -0.2) is 0 Å². The first-order valence-corrected chi connectivity index (χ1v) is 3.73. The highest BCUT2D eigenvalue weighted by molar-refractivity contribution is 7.82. The topological polar surface area (TPSA) is 23.9 Å². The number of rotatable bonds is 4. The summed E-state index contributed by atoms with van der Waals surface area (Å²) < 4.78 is 0. The summed E-state index contributed by atoms with van der Waals surface area (Å²) >= 11 is 4.95. The Labute approximate surface area is 62.0 Å². The molecule has 0 saturated heterocycles. The Kier molecular flexibility index (Phi) is 4.50. The fraction of sp³-hybridized carbons (Fsp3) is 0.714. The van der Waals surface area contributed by atoms with Gasteiger partial charge in [-0.05, 0) is 12.8 Å². The van der Waals surface area contributed by atoms with Crippen molar-refractivity contribution in [2.75, 3.05) is 0 Å². The quantitative estimate of drug-likeness (QED) is 0.474. The van der Waals surface area contributed by atoms with Crippen molar-refractivity contribution in [2.24, 2.45) is 0 Å². The van der Waals surface area contributed by atoms with Crippen molar-refractivity contribution in [3.05, 3.63) is 0 Å². The van der Waals surface area contributed by atoms with Gasteiger partial charge in [0.15, 0.2) is 0 Å². The van der Waals surface area contributed by atoms with Crippen LogP contribution in [0.5, 0.6) is 0 Å². The molecule has 52 valence electrons. The van der Waals surface area contributed by atoms with E-state index in [0.717, 1.165) is 24.1 Å². The smallest absolute Gasteiger partial charge is 0.0450 e. The van der Waals surface area contributed by atoms with Gasteiger partial charge >= 0.3 is 0 Å². The minimum atomic E-state index is 0.631. The van der Waals surface area contributed by atoms with Gasteiger partial charge in [-0.3, -0.25) is 0 Å². The lowest BCUT2D eigenvalue weighted by Gasteiger charge is -1.98. The number of thiocarbonyl (C=S) groups is 1. The largest absolute Gasteiger partial charge is 0.304 e. The van der Waals surface area contributed by atoms with Gasteiger partial charge in [0.1, 0.15) is 0 Å². The van der Waals surface area contributed by atoms with E-state index in [1.54, 1.807) is 0 Å². The summed E-state index contributed by atoms with van der Waals surface area (Å²) in [7, 11) is 0. The molecule has 0 spiro atoms. The molecule has 0 bridgehead atoms. The highest BCUT2D eigenvalue weighted by Gasteiger charge is 1.98. The lowest BCUT2D eigenvalue weighted by molar-refractivity contribution is 1.01. The summed E-state index contributed by atoms with van der Waals surface area (Å²) in [6.07, 6.45) is 2.74. The summed E-state index contributed by atoms with van der Waals surface area (Å²) in [4.78, 5) is 0.833. The second-order valence-corrected chi connectivity index (χ2v) is 2.50. The third-order valence-electron chi connectivity index (χ3n) is 1.17. The van der Waals surface area contributed by atoms with Gasteiger partial charge in [0, 0.05) is 10.6 Å². The summed E-state index contributed by atoms with van der Waals surface area (Å²) in [5, 5.41) is 7.31. The molecule has 0 aliphatic rings. The van der Waals surface area contributed by atoms with E-state index in [4.69, 9.17) is 17.6 Å². The van der Waals surface area contributed by atoms with Gasteiger partial charge in [-0.15, -0.1) is 0 Å². The monoisotopic (exact) mass is 143 g/mol. The predicted molar refractivity (Wildman–Crippen MR) is 45.5 cm³/mol. The van der Waals surface area contributed by atoms with Crippen molar-refractivity contribution in [2.45, 2.75) is 33.1 Å². The van der Waals surface area contributed by atoms with Crippen LogP contribution in [0.1, 0.15) is 33.1 Å². The Morgan fingerprint density at radius 3 is 2.33 bits per heavy atom. The molecule has 0 aromatic rings. The van der Waals surface area contributed by atoms with Crippen LogP contribution in [0.3, 0.4) is 0 Å². The minimum Gasteiger partial charge on any atom is -0.304 e. The van der Waals surface area contributed by atoms with Gasteiger partial charge < -0.3 is 5.41 Å². The van der Waals surface area contributed by atoms with Gasteiger partial charge in [0.2, 0.25) is 0 Å². The second kappa shape index (κ2) is 4.62. The molecule has 9 heavy (non-hydrogen) atoms. The first-order chi connectivity index (χ1) is 4.22. The Morgan fingerprint density at radius 2 is 2.00 bits per heavy atom. The van der Waals surface area contributed by atoms with E-state index in [9.17, 15) is 0 Å². The Balaban J connectivity index is 3.60. The molecular formula is C7H13NS. The van der Waals surface area contributed by atoms with Crippen LogP contribution in [0.15, 0.2) is 0 Å². The highest BCUT2D eigenvalue weighted by Crippen LogP contribution is 1.96. The molecule has 0 aromatic carbocycles. The Morgan fingerprint density at radius 1 is 1.44 bits per heavy atom. The molecule has 1 nitrogen and oxygen atoms in total. The first-order valence-electron chi connectivity index (χ1n) is 3.33. The fourth-order valence-electron chi connectivity index (χ4n) is 0.575. The zero-order valence-electron chi connectivity index (χ0n) is 6.03. The molecule has 0 unspecified atom stereocenters. The second-order valence-electron chi connectivity index (χ2n) is 2.01. The summed E-state index contributed by atoms with van der Waals surface area (Å²) in [5.74, 6) is 0. The molecule has 0 heterocycles. The van der Waals surface area contributed by atoms with E-state index in [1.807, 2.05) is 6.92 Å². The minimum absolute atomic E-state index is 0.631. The van der Waals surface area contributed by atoms with Crippen LogP contribution >= 0.6 is 12.2 Å². The molecule has 0 aliphatic heterocycles. The number of nitrogens with one attached hydrogen (secondary N) is 1. The first kappa shape index (κ1) is 8.76. The maximum absolute atomic E-state index is 7.31. The molecule has 0 aliphatic carbocycles. The zero-order valence-corrected chi connectivity index (χ0v) is 6.85. The van der Waals surface area contributed by atoms with Crippen LogP contribution in [-0.2, 0) is 0 Å². The predicted octanol–water partition coefficient (Wildman–Crippen LogP) is 2.59. The van der Waals surface area contributed by atoms with Crippen LogP contribution in [0.4, 0.5) is 0 Å². The lowest BCUT2D eigenvalue weighted by atomic mass is 10.1. The third kappa shape index (κ3) is 3.36. The molecule has 0 fully saturated rings. The number of hydrogen-bond donors (Lipinski definition) is 1. The van der Waals surface area contributed by atoms with Crippen molar-refractivity contribution in [3.63, 3.8) is 0 Å². The molecular weight excluding hydrogens is 130 g/mol. The van der Waals surface area contributed by atoms with Gasteiger partial charge in [-0.1, -0.05) is 32.5 Å². The van der Waals surface area contributed by atoms with E-state index in [-0.39, 0.29) is 0 Å². The maximum Gasteiger partial charge on any atom is 0.0450 e. The summed E-state index contributed by atoms with van der Waals surface area (Å²) in [5.41, 5.74) is 0.631. The van der Waals surface area contributed by atoms with E-state index < -0.39 is 0 Å². The molecule has 0 radical (unpaired) electrons. The van der Waals surface area contributed by atoms with Crippen molar-refractivity contribution >= 4 is 22.8 Å². The molecule has 0 aromatic heterocycles. The van der Waals surface area contributed by atoms with Crippen LogP contribution < -0.4 is 0 Å². The van der Waals surface area contributed by atoms with Gasteiger partial charge in [0.25, 0.3) is 0 Å². The molecule has 0 atom stereocenters. The van der Waals surface area contributed by atoms with Crippen LogP contribution in [0.25, 0.3) is 0 Å².